The Labute approximate surface area is 178 Å². The number of nitrogens with one attached hydrogen (secondary N) is 1. The van der Waals surface area contributed by atoms with Gasteiger partial charge in [0.1, 0.15) is 18.5 Å². The zero-order valence-corrected chi connectivity index (χ0v) is 17.2. The van der Waals surface area contributed by atoms with Gasteiger partial charge in [-0.3, -0.25) is 9.69 Å². The Morgan fingerprint density at radius 3 is 2.73 bits per heavy atom. The van der Waals surface area contributed by atoms with Crippen molar-refractivity contribution in [3.8, 4) is 0 Å². The Morgan fingerprint density at radius 2 is 2.07 bits per heavy atom. The van der Waals surface area contributed by atoms with Crippen LogP contribution in [-0.2, 0) is 4.79 Å². The maximum atomic E-state index is 14.6. The molecule has 10 heteroatoms. The van der Waals surface area contributed by atoms with Crippen molar-refractivity contribution in [1.29, 1.82) is 0 Å². The van der Waals surface area contributed by atoms with E-state index >= 15 is 0 Å². The van der Waals surface area contributed by atoms with Gasteiger partial charge in [0, 0.05) is 6.20 Å². The predicted octanol–water partition coefficient (Wildman–Crippen LogP) is 3.40. The smallest absolute Gasteiger partial charge is 0.309 e. The van der Waals surface area contributed by atoms with Crippen LogP contribution in [0.2, 0.25) is 5.02 Å². The Hall–Kier alpha value is -2.81. The zero-order chi connectivity index (χ0) is 21.3. The summed E-state index contributed by atoms with van der Waals surface area (Å²) in [5, 5.41) is 3.05. The van der Waals surface area contributed by atoms with Gasteiger partial charge in [-0.15, -0.1) is 0 Å². The molecule has 4 rings (SSSR count). The van der Waals surface area contributed by atoms with Gasteiger partial charge in [0.15, 0.2) is 0 Å². The summed E-state index contributed by atoms with van der Waals surface area (Å²) < 4.78 is 14.6. The molecule has 8 nitrogen and oxygen atoms in total. The highest BCUT2D eigenvalue weighted by Crippen LogP contribution is 2.40. The fourth-order valence-electron chi connectivity index (χ4n) is 3.56. The number of carbonyl (C=O) groups is 2. The summed E-state index contributed by atoms with van der Waals surface area (Å²) >= 11 is 5.81. The lowest BCUT2D eigenvalue weighted by atomic mass is 10.1. The van der Waals surface area contributed by atoms with E-state index in [4.69, 9.17) is 11.6 Å². The number of amides is 3. The first-order valence-corrected chi connectivity index (χ1v) is 10.3. The fraction of sp³-hybridized carbons (Fsp3) is 0.450. The maximum absolute atomic E-state index is 14.6. The largest absolute Gasteiger partial charge is 0.327 e. The highest BCUT2D eigenvalue weighted by atomic mass is 35.5. The Kier molecular flexibility index (Phi) is 5.80. The molecule has 2 aromatic rings. The number of carbonyl (C=O) groups excluding carboxylic acids is 2. The number of urea groups is 1. The van der Waals surface area contributed by atoms with E-state index in [9.17, 15) is 14.0 Å². The van der Waals surface area contributed by atoms with Gasteiger partial charge in [0.2, 0.25) is 11.9 Å². The molecule has 0 radical (unpaired) electrons. The van der Waals surface area contributed by atoms with Crippen molar-refractivity contribution < 1.29 is 14.0 Å². The average Bonchev–Trinajstić information content (AvgIpc) is 3.54. The van der Waals surface area contributed by atoms with Crippen LogP contribution in [-0.4, -0.2) is 57.1 Å². The van der Waals surface area contributed by atoms with E-state index in [0.29, 0.717) is 16.8 Å². The molecule has 0 unspecified atom stereocenters. The number of rotatable bonds is 7. The van der Waals surface area contributed by atoms with Crippen LogP contribution in [0.15, 0.2) is 30.7 Å². The van der Waals surface area contributed by atoms with E-state index in [0.717, 1.165) is 18.4 Å². The van der Waals surface area contributed by atoms with E-state index < -0.39 is 24.2 Å². The molecule has 3 heterocycles. The molecule has 1 aliphatic carbocycles. The minimum Gasteiger partial charge on any atom is -0.309 e. The lowest BCUT2D eigenvalue weighted by Crippen LogP contribution is -2.44. The van der Waals surface area contributed by atoms with Crippen molar-refractivity contribution >= 4 is 35.3 Å². The summed E-state index contributed by atoms with van der Waals surface area (Å²) in [7, 11) is 0. The fourth-order valence-corrected chi connectivity index (χ4v) is 3.66. The Bertz CT molecular complexity index is 939. The number of pyridine rings is 1. The molecule has 158 valence electrons. The Morgan fingerprint density at radius 1 is 1.33 bits per heavy atom. The van der Waals surface area contributed by atoms with Crippen LogP contribution < -0.4 is 10.2 Å². The second kappa shape index (κ2) is 8.51. The molecular formula is C20H22ClFN6O2. The van der Waals surface area contributed by atoms with Crippen molar-refractivity contribution in [3.05, 3.63) is 41.3 Å². The zero-order valence-electron chi connectivity index (χ0n) is 16.5. The van der Waals surface area contributed by atoms with E-state index in [-0.39, 0.29) is 25.5 Å². The molecule has 0 aromatic carbocycles. The minimum absolute atomic E-state index is 0.0537. The van der Waals surface area contributed by atoms with Gasteiger partial charge in [0.05, 0.1) is 30.0 Å². The molecule has 1 saturated heterocycles. The third kappa shape index (κ3) is 4.35. The topological polar surface area (TPSA) is 91.3 Å². The van der Waals surface area contributed by atoms with Crippen LogP contribution in [0.3, 0.4) is 0 Å². The van der Waals surface area contributed by atoms with Crippen molar-refractivity contribution in [2.24, 2.45) is 0 Å². The SMILES string of the molecule is CC[C@H](F)[C@H]1CN(c2ncc(Cl)cn2)C(=O)N1CC(=O)Nc1cc(C2CC2)ccn1. The van der Waals surface area contributed by atoms with E-state index in [1.54, 1.807) is 13.1 Å². The summed E-state index contributed by atoms with van der Waals surface area (Å²) in [6.07, 6.45) is 5.60. The normalized spacial score (nSPS) is 19.8. The van der Waals surface area contributed by atoms with Gasteiger partial charge in [-0.2, -0.15) is 0 Å². The predicted molar refractivity (Wildman–Crippen MR) is 110 cm³/mol. The third-order valence-corrected chi connectivity index (χ3v) is 5.51. The minimum atomic E-state index is -1.28. The van der Waals surface area contributed by atoms with Gasteiger partial charge in [-0.1, -0.05) is 18.5 Å². The molecular weight excluding hydrogens is 411 g/mol. The summed E-state index contributed by atoms with van der Waals surface area (Å²) in [5.41, 5.74) is 1.14. The number of hydrogen-bond donors (Lipinski definition) is 1. The molecule has 1 saturated carbocycles. The second-order valence-electron chi connectivity index (χ2n) is 7.51. The number of aromatic nitrogens is 3. The van der Waals surface area contributed by atoms with Crippen molar-refractivity contribution in [2.45, 2.75) is 44.3 Å². The highest BCUT2D eigenvalue weighted by molar-refractivity contribution is 6.30. The quantitative estimate of drug-likeness (QED) is 0.724. The molecule has 1 N–H and O–H groups in total. The van der Waals surface area contributed by atoms with Crippen LogP contribution in [0, 0.1) is 0 Å². The average molecular weight is 433 g/mol. The first-order chi connectivity index (χ1) is 14.5. The van der Waals surface area contributed by atoms with E-state index in [1.807, 2.05) is 12.1 Å². The number of alkyl halides is 1. The van der Waals surface area contributed by atoms with Crippen molar-refractivity contribution in [3.63, 3.8) is 0 Å². The molecule has 3 amide bonds. The van der Waals surface area contributed by atoms with Gasteiger partial charge >= 0.3 is 6.03 Å². The molecule has 2 fully saturated rings. The van der Waals surface area contributed by atoms with Crippen molar-refractivity contribution in [1.82, 2.24) is 19.9 Å². The van der Waals surface area contributed by atoms with Gasteiger partial charge in [-0.05, 0) is 42.9 Å². The number of hydrogen-bond acceptors (Lipinski definition) is 5. The van der Waals surface area contributed by atoms with E-state index in [1.165, 1.54) is 22.2 Å². The number of anilines is 2. The highest BCUT2D eigenvalue weighted by Gasteiger charge is 2.43. The standard InChI is InChI=1S/C20H22ClFN6O2/c1-2-15(22)16-10-28(19-24-8-14(21)9-25-19)20(30)27(16)11-18(29)26-17-7-13(5-6-23-17)12-3-4-12/h5-9,12,15-16H,2-4,10-11H2,1H3,(H,23,26,29)/t15-,16+/m0/s1. The molecule has 2 aliphatic rings. The third-order valence-electron chi connectivity index (χ3n) is 5.32. The van der Waals surface area contributed by atoms with Crippen LogP contribution in [0.25, 0.3) is 0 Å². The summed E-state index contributed by atoms with van der Waals surface area (Å²) in [6, 6.07) is 2.48. The van der Waals surface area contributed by atoms with Gasteiger partial charge < -0.3 is 10.2 Å². The molecule has 0 bridgehead atoms. The van der Waals surface area contributed by atoms with E-state index in [2.05, 4.69) is 20.3 Å². The summed E-state index contributed by atoms with van der Waals surface area (Å²) in [6.45, 7) is 1.46. The molecule has 2 aromatic heterocycles. The molecule has 30 heavy (non-hydrogen) atoms. The maximum Gasteiger partial charge on any atom is 0.327 e. The lowest BCUT2D eigenvalue weighted by molar-refractivity contribution is -0.117. The number of halogens is 2. The molecule has 2 atom stereocenters. The number of nitrogens with zero attached hydrogens (tertiary/aromatic N) is 5. The Balaban J connectivity index is 1.48. The van der Waals surface area contributed by atoms with Gasteiger partial charge in [-0.25, -0.2) is 24.1 Å². The monoisotopic (exact) mass is 432 g/mol. The molecule has 0 spiro atoms. The van der Waals surface area contributed by atoms with Crippen LogP contribution in [0.1, 0.15) is 37.7 Å². The molecule has 1 aliphatic heterocycles. The summed E-state index contributed by atoms with van der Waals surface area (Å²) in [5.74, 6) is 0.645. The summed E-state index contributed by atoms with van der Waals surface area (Å²) in [4.78, 5) is 40.3. The first kappa shape index (κ1) is 20.5. The van der Waals surface area contributed by atoms with Crippen LogP contribution >= 0.6 is 11.6 Å². The van der Waals surface area contributed by atoms with Crippen LogP contribution in [0.4, 0.5) is 21.0 Å². The second-order valence-corrected chi connectivity index (χ2v) is 7.95. The first-order valence-electron chi connectivity index (χ1n) is 9.91. The lowest BCUT2D eigenvalue weighted by Gasteiger charge is -2.24. The van der Waals surface area contributed by atoms with Crippen LogP contribution in [0.5, 0.6) is 0 Å². The van der Waals surface area contributed by atoms with Gasteiger partial charge in [0.25, 0.3) is 0 Å². The van der Waals surface area contributed by atoms with Crippen molar-refractivity contribution in [2.75, 3.05) is 23.3 Å².